The SMILES string of the molecule is CC(N)C(C)C(=O)N(CC(F)(F)F)C1CC1. The van der Waals surface area contributed by atoms with Gasteiger partial charge in [-0.25, -0.2) is 0 Å². The summed E-state index contributed by atoms with van der Waals surface area (Å²) in [4.78, 5) is 12.7. The van der Waals surface area contributed by atoms with Gasteiger partial charge in [0.05, 0.1) is 5.92 Å². The third-order valence-corrected chi connectivity index (χ3v) is 2.80. The van der Waals surface area contributed by atoms with E-state index in [0.29, 0.717) is 12.8 Å². The van der Waals surface area contributed by atoms with Crippen LogP contribution in [-0.4, -0.2) is 35.6 Å². The van der Waals surface area contributed by atoms with Crippen LogP contribution < -0.4 is 5.73 Å². The minimum absolute atomic E-state index is 0.240. The maximum Gasteiger partial charge on any atom is 0.406 e. The molecule has 94 valence electrons. The second kappa shape index (κ2) is 4.61. The second-order valence-corrected chi connectivity index (χ2v) is 4.46. The molecule has 0 aromatic heterocycles. The summed E-state index contributed by atoms with van der Waals surface area (Å²) in [5.74, 6) is -1.06. The summed E-state index contributed by atoms with van der Waals surface area (Å²) in [7, 11) is 0. The van der Waals surface area contributed by atoms with Crippen LogP contribution in [0.4, 0.5) is 13.2 Å². The maximum absolute atomic E-state index is 12.3. The molecule has 0 spiro atoms. The van der Waals surface area contributed by atoms with Gasteiger partial charge in [0.25, 0.3) is 0 Å². The van der Waals surface area contributed by atoms with Gasteiger partial charge < -0.3 is 10.6 Å². The summed E-state index contributed by atoms with van der Waals surface area (Å²) in [6.07, 6.45) is -3.02. The molecule has 0 saturated heterocycles. The highest BCUT2D eigenvalue weighted by Crippen LogP contribution is 2.31. The molecule has 2 atom stereocenters. The molecule has 0 radical (unpaired) electrons. The van der Waals surface area contributed by atoms with Crippen LogP contribution in [0.2, 0.25) is 0 Å². The molecule has 0 aromatic carbocycles. The standard InChI is InChI=1S/C10H17F3N2O/c1-6(7(2)14)9(16)15(8-3-4-8)5-10(11,12)13/h6-8H,3-5,14H2,1-2H3. The summed E-state index contributed by atoms with van der Waals surface area (Å²) in [5.41, 5.74) is 5.53. The number of nitrogens with zero attached hydrogens (tertiary/aromatic N) is 1. The highest BCUT2D eigenvalue weighted by Gasteiger charge is 2.42. The zero-order valence-electron chi connectivity index (χ0n) is 9.42. The van der Waals surface area contributed by atoms with Crippen molar-refractivity contribution in [3.05, 3.63) is 0 Å². The van der Waals surface area contributed by atoms with Crippen molar-refractivity contribution in [1.29, 1.82) is 0 Å². The molecule has 1 aliphatic carbocycles. The Bertz CT molecular complexity index is 261. The van der Waals surface area contributed by atoms with Gasteiger partial charge >= 0.3 is 6.18 Å². The number of carbonyl (C=O) groups excluding carboxylic acids is 1. The zero-order chi connectivity index (χ0) is 12.5. The number of hydrogen-bond donors (Lipinski definition) is 1. The fourth-order valence-electron chi connectivity index (χ4n) is 1.45. The van der Waals surface area contributed by atoms with Crippen molar-refractivity contribution < 1.29 is 18.0 Å². The fraction of sp³-hybridized carbons (Fsp3) is 0.900. The summed E-state index contributed by atoms with van der Waals surface area (Å²) in [5, 5.41) is 0. The Hall–Kier alpha value is -0.780. The molecule has 2 unspecified atom stereocenters. The minimum atomic E-state index is -4.34. The number of rotatable bonds is 4. The van der Waals surface area contributed by atoms with Crippen LogP contribution in [0.25, 0.3) is 0 Å². The zero-order valence-corrected chi connectivity index (χ0v) is 9.42. The Labute approximate surface area is 92.8 Å². The highest BCUT2D eigenvalue weighted by molar-refractivity contribution is 5.79. The molecule has 1 rings (SSSR count). The van der Waals surface area contributed by atoms with E-state index in [1.54, 1.807) is 13.8 Å². The lowest BCUT2D eigenvalue weighted by Crippen LogP contribution is -2.46. The Kier molecular flexibility index (Phi) is 3.83. The van der Waals surface area contributed by atoms with Gasteiger partial charge in [-0.3, -0.25) is 4.79 Å². The van der Waals surface area contributed by atoms with E-state index in [-0.39, 0.29) is 6.04 Å². The largest absolute Gasteiger partial charge is 0.406 e. The van der Waals surface area contributed by atoms with Gasteiger partial charge in [0.2, 0.25) is 5.91 Å². The van der Waals surface area contributed by atoms with Crippen molar-refractivity contribution >= 4 is 5.91 Å². The van der Waals surface area contributed by atoms with E-state index in [1.807, 2.05) is 0 Å². The molecule has 0 heterocycles. The minimum Gasteiger partial charge on any atom is -0.330 e. The predicted octanol–water partition coefficient (Wildman–Crippen LogP) is 1.52. The van der Waals surface area contributed by atoms with Crippen molar-refractivity contribution in [2.75, 3.05) is 6.54 Å². The number of nitrogens with two attached hydrogens (primary N) is 1. The Morgan fingerprint density at radius 1 is 1.44 bits per heavy atom. The molecular weight excluding hydrogens is 221 g/mol. The molecule has 2 N–H and O–H groups in total. The van der Waals surface area contributed by atoms with Gasteiger partial charge in [-0.2, -0.15) is 13.2 Å². The highest BCUT2D eigenvalue weighted by atomic mass is 19.4. The number of hydrogen-bond acceptors (Lipinski definition) is 2. The average Bonchev–Trinajstić information content (AvgIpc) is 2.93. The van der Waals surface area contributed by atoms with Gasteiger partial charge in [-0.05, 0) is 19.8 Å². The van der Waals surface area contributed by atoms with E-state index in [4.69, 9.17) is 5.73 Å². The van der Waals surface area contributed by atoms with Gasteiger partial charge in [0.15, 0.2) is 0 Å². The van der Waals surface area contributed by atoms with Crippen LogP contribution in [-0.2, 0) is 4.79 Å². The Balaban J connectivity index is 2.66. The van der Waals surface area contributed by atoms with Crippen molar-refractivity contribution in [3.8, 4) is 0 Å². The topological polar surface area (TPSA) is 46.3 Å². The summed E-state index contributed by atoms with van der Waals surface area (Å²) >= 11 is 0. The van der Waals surface area contributed by atoms with Crippen LogP contribution in [0, 0.1) is 5.92 Å². The molecule has 16 heavy (non-hydrogen) atoms. The summed E-state index contributed by atoms with van der Waals surface area (Å²) in [6, 6.07) is -0.669. The smallest absolute Gasteiger partial charge is 0.330 e. The molecule has 0 aromatic rings. The van der Waals surface area contributed by atoms with Crippen LogP contribution >= 0.6 is 0 Å². The van der Waals surface area contributed by atoms with Crippen LogP contribution in [0.1, 0.15) is 26.7 Å². The third-order valence-electron chi connectivity index (χ3n) is 2.80. The van der Waals surface area contributed by atoms with Gasteiger partial charge in [0, 0.05) is 12.1 Å². The number of amides is 1. The van der Waals surface area contributed by atoms with Crippen molar-refractivity contribution in [2.24, 2.45) is 11.7 Å². The summed E-state index contributed by atoms with van der Waals surface area (Å²) < 4.78 is 36.9. The summed E-state index contributed by atoms with van der Waals surface area (Å²) in [6.45, 7) is 2.04. The molecule has 6 heteroatoms. The van der Waals surface area contributed by atoms with Gasteiger partial charge in [0.1, 0.15) is 6.54 Å². The van der Waals surface area contributed by atoms with E-state index in [0.717, 1.165) is 4.90 Å². The number of carbonyl (C=O) groups is 1. The average molecular weight is 238 g/mol. The first-order chi connectivity index (χ1) is 7.22. The first-order valence-corrected chi connectivity index (χ1v) is 5.35. The monoisotopic (exact) mass is 238 g/mol. The Morgan fingerprint density at radius 2 is 1.94 bits per heavy atom. The van der Waals surface area contributed by atoms with E-state index in [2.05, 4.69) is 0 Å². The molecule has 3 nitrogen and oxygen atoms in total. The Morgan fingerprint density at radius 3 is 2.25 bits per heavy atom. The molecule has 1 amide bonds. The van der Waals surface area contributed by atoms with Gasteiger partial charge in [-0.15, -0.1) is 0 Å². The molecule has 0 aliphatic heterocycles. The number of alkyl halides is 3. The van der Waals surface area contributed by atoms with Crippen LogP contribution in [0.3, 0.4) is 0 Å². The molecule has 0 bridgehead atoms. The van der Waals surface area contributed by atoms with Crippen molar-refractivity contribution in [1.82, 2.24) is 4.90 Å². The number of halogens is 3. The van der Waals surface area contributed by atoms with Crippen molar-refractivity contribution in [3.63, 3.8) is 0 Å². The molecule has 1 saturated carbocycles. The van der Waals surface area contributed by atoms with E-state index >= 15 is 0 Å². The van der Waals surface area contributed by atoms with E-state index in [9.17, 15) is 18.0 Å². The van der Waals surface area contributed by atoms with E-state index in [1.165, 1.54) is 0 Å². The van der Waals surface area contributed by atoms with Crippen molar-refractivity contribution in [2.45, 2.75) is 44.9 Å². The predicted molar refractivity (Wildman–Crippen MR) is 53.6 cm³/mol. The van der Waals surface area contributed by atoms with E-state index < -0.39 is 30.6 Å². The maximum atomic E-state index is 12.3. The van der Waals surface area contributed by atoms with Crippen LogP contribution in [0.15, 0.2) is 0 Å². The first-order valence-electron chi connectivity index (χ1n) is 5.35. The molecule has 1 aliphatic rings. The lowest BCUT2D eigenvalue weighted by Gasteiger charge is -2.28. The normalized spacial score (nSPS) is 20.4. The molecule has 1 fully saturated rings. The lowest BCUT2D eigenvalue weighted by molar-refractivity contribution is -0.165. The second-order valence-electron chi connectivity index (χ2n) is 4.46. The lowest BCUT2D eigenvalue weighted by atomic mass is 10.0. The first kappa shape index (κ1) is 13.3. The fourth-order valence-corrected chi connectivity index (χ4v) is 1.45. The van der Waals surface area contributed by atoms with Crippen LogP contribution in [0.5, 0.6) is 0 Å². The quantitative estimate of drug-likeness (QED) is 0.807. The third kappa shape index (κ3) is 3.66. The van der Waals surface area contributed by atoms with Gasteiger partial charge in [-0.1, -0.05) is 6.92 Å². The molecular formula is C10H17F3N2O.